The van der Waals surface area contributed by atoms with Gasteiger partial charge in [0, 0.05) is 12.8 Å². The molecule has 2 rings (SSSR count). The molecule has 0 saturated carbocycles. The molecule has 0 spiro atoms. The molecule has 0 amide bonds. The van der Waals surface area contributed by atoms with Gasteiger partial charge in [-0.05, 0) is 29.2 Å². The lowest BCUT2D eigenvalue weighted by molar-refractivity contribution is -0.0177. The number of fused-ring (bicyclic) bond motifs is 1. The van der Waals surface area contributed by atoms with Crippen molar-refractivity contribution in [3.63, 3.8) is 0 Å². The van der Waals surface area contributed by atoms with E-state index in [1.807, 2.05) is 49.4 Å². The predicted molar refractivity (Wildman–Crippen MR) is 76.7 cm³/mol. The second-order valence-corrected chi connectivity index (χ2v) is 5.14. The van der Waals surface area contributed by atoms with Crippen molar-refractivity contribution in [1.82, 2.24) is 0 Å². The molecule has 0 fully saturated rings. The topological polar surface area (TPSA) is 0 Å². The van der Waals surface area contributed by atoms with Gasteiger partial charge in [0.1, 0.15) is 0 Å². The summed E-state index contributed by atoms with van der Waals surface area (Å²) in [6.45, 7) is 1.94. The monoisotopic (exact) mass is 262 g/mol. The van der Waals surface area contributed by atoms with Gasteiger partial charge in [-0.2, -0.15) is 0 Å². The van der Waals surface area contributed by atoms with Crippen molar-refractivity contribution in [2.24, 2.45) is 0 Å². The van der Waals surface area contributed by atoms with Crippen molar-refractivity contribution in [1.29, 1.82) is 0 Å². The van der Waals surface area contributed by atoms with Gasteiger partial charge in [-0.1, -0.05) is 55.8 Å². The summed E-state index contributed by atoms with van der Waals surface area (Å²) in [5, 5.41) is 2.28. The van der Waals surface area contributed by atoms with Crippen molar-refractivity contribution in [3.05, 3.63) is 48.0 Å². The van der Waals surface area contributed by atoms with Gasteiger partial charge in [0.2, 0.25) is 5.92 Å². The maximum absolute atomic E-state index is 13.6. The molecule has 0 unspecified atom stereocenters. The van der Waals surface area contributed by atoms with Gasteiger partial charge in [0.25, 0.3) is 0 Å². The summed E-state index contributed by atoms with van der Waals surface area (Å²) in [5.74, 6) is -2.53. The van der Waals surface area contributed by atoms with Gasteiger partial charge < -0.3 is 0 Å². The van der Waals surface area contributed by atoms with Crippen molar-refractivity contribution in [2.45, 2.75) is 45.0 Å². The molecule has 0 aliphatic heterocycles. The van der Waals surface area contributed by atoms with E-state index in [1.54, 1.807) is 0 Å². The summed E-state index contributed by atoms with van der Waals surface area (Å²) in [7, 11) is 0. The summed E-state index contributed by atoms with van der Waals surface area (Å²) in [4.78, 5) is 0. The zero-order chi connectivity index (χ0) is 13.7. The predicted octanol–water partition coefficient (Wildman–Crippen LogP) is 5.60. The van der Waals surface area contributed by atoms with Crippen LogP contribution >= 0.6 is 0 Å². The normalized spacial score (nSPS) is 11.9. The largest absolute Gasteiger partial charge is 0.248 e. The van der Waals surface area contributed by atoms with Crippen LogP contribution in [0.3, 0.4) is 0 Å². The maximum atomic E-state index is 13.6. The molecule has 2 aromatic rings. The van der Waals surface area contributed by atoms with E-state index in [4.69, 9.17) is 0 Å². The summed E-state index contributed by atoms with van der Waals surface area (Å²) in [6.07, 6.45) is 1.83. The van der Waals surface area contributed by atoms with Gasteiger partial charge >= 0.3 is 0 Å². The molecular formula is C17H20F2. The van der Waals surface area contributed by atoms with Crippen LogP contribution in [-0.2, 0) is 6.42 Å². The fourth-order valence-electron chi connectivity index (χ4n) is 2.28. The van der Waals surface area contributed by atoms with Crippen LogP contribution in [0.25, 0.3) is 10.8 Å². The third-order valence-corrected chi connectivity index (χ3v) is 3.49. The second-order valence-electron chi connectivity index (χ2n) is 5.14. The minimum Gasteiger partial charge on any atom is -0.207 e. The number of aryl methyl sites for hydroxylation is 1. The van der Waals surface area contributed by atoms with Crippen LogP contribution < -0.4 is 0 Å². The van der Waals surface area contributed by atoms with Crippen LogP contribution in [0.5, 0.6) is 0 Å². The van der Waals surface area contributed by atoms with E-state index in [-0.39, 0.29) is 12.8 Å². The van der Waals surface area contributed by atoms with Gasteiger partial charge in [0.15, 0.2) is 0 Å². The highest BCUT2D eigenvalue weighted by Crippen LogP contribution is 2.27. The average Bonchev–Trinajstić information content (AvgIpc) is 2.43. The van der Waals surface area contributed by atoms with Crippen molar-refractivity contribution in [3.8, 4) is 0 Å². The van der Waals surface area contributed by atoms with E-state index in [2.05, 4.69) is 0 Å². The Bertz CT molecular complexity index is 532. The molecule has 0 nitrogen and oxygen atoms in total. The number of hydrogen-bond donors (Lipinski definition) is 0. The number of hydrogen-bond acceptors (Lipinski definition) is 0. The number of unbranched alkanes of at least 4 members (excludes halogenated alkanes) is 1. The highest BCUT2D eigenvalue weighted by Gasteiger charge is 2.27. The lowest BCUT2D eigenvalue weighted by Crippen LogP contribution is -2.16. The molecule has 0 bridgehead atoms. The number of alkyl halides is 2. The Hall–Kier alpha value is -1.44. The molecule has 0 radical (unpaired) electrons. The summed E-state index contributed by atoms with van der Waals surface area (Å²) in [5.41, 5.74) is 0.995. The van der Waals surface area contributed by atoms with Crippen LogP contribution in [0, 0.1) is 0 Å². The van der Waals surface area contributed by atoms with Gasteiger partial charge in [-0.3, -0.25) is 0 Å². The van der Waals surface area contributed by atoms with E-state index in [1.165, 1.54) is 0 Å². The van der Waals surface area contributed by atoms with E-state index in [9.17, 15) is 8.78 Å². The van der Waals surface area contributed by atoms with Crippen molar-refractivity contribution >= 4 is 10.8 Å². The molecule has 0 saturated heterocycles. The van der Waals surface area contributed by atoms with E-state index in [0.29, 0.717) is 12.8 Å². The van der Waals surface area contributed by atoms with E-state index >= 15 is 0 Å². The first kappa shape index (κ1) is 14.0. The van der Waals surface area contributed by atoms with Crippen LogP contribution in [0.1, 0.15) is 38.2 Å². The van der Waals surface area contributed by atoms with Crippen molar-refractivity contribution < 1.29 is 8.78 Å². The van der Waals surface area contributed by atoms with E-state index < -0.39 is 5.92 Å². The summed E-state index contributed by atoms with van der Waals surface area (Å²) < 4.78 is 27.2. The highest BCUT2D eigenvalue weighted by molar-refractivity contribution is 5.82. The zero-order valence-electron chi connectivity index (χ0n) is 11.3. The molecule has 0 N–H and O–H groups in total. The molecule has 0 aliphatic rings. The minimum absolute atomic E-state index is 0.0110. The molecule has 102 valence electrons. The first-order valence-corrected chi connectivity index (χ1v) is 6.96. The van der Waals surface area contributed by atoms with Crippen molar-refractivity contribution in [2.75, 3.05) is 0 Å². The molecule has 2 heteroatoms. The smallest absolute Gasteiger partial charge is 0.207 e. The quantitative estimate of drug-likeness (QED) is 0.635. The highest BCUT2D eigenvalue weighted by atomic mass is 19.3. The first-order valence-electron chi connectivity index (χ1n) is 6.96. The fourth-order valence-corrected chi connectivity index (χ4v) is 2.28. The Kier molecular flexibility index (Phi) is 4.52. The van der Waals surface area contributed by atoms with E-state index in [0.717, 1.165) is 22.8 Å². The Morgan fingerprint density at radius 1 is 0.947 bits per heavy atom. The molecule has 0 atom stereocenters. The fraction of sp³-hybridized carbons (Fsp3) is 0.412. The minimum atomic E-state index is -2.53. The van der Waals surface area contributed by atoms with Gasteiger partial charge in [0.05, 0.1) is 0 Å². The Labute approximate surface area is 113 Å². The molecule has 0 aliphatic carbocycles. The Morgan fingerprint density at radius 2 is 1.68 bits per heavy atom. The van der Waals surface area contributed by atoms with Gasteiger partial charge in [-0.25, -0.2) is 8.78 Å². The SMILES string of the molecule is CCCCC(F)(F)CCc1ccc2ccccc2c1. The molecule has 19 heavy (non-hydrogen) atoms. The summed E-state index contributed by atoms with van der Waals surface area (Å²) >= 11 is 0. The maximum Gasteiger partial charge on any atom is 0.248 e. The van der Waals surface area contributed by atoms with Crippen LogP contribution in [0.15, 0.2) is 42.5 Å². The first-order chi connectivity index (χ1) is 9.11. The van der Waals surface area contributed by atoms with Crippen LogP contribution in [0.4, 0.5) is 8.78 Å². The lowest BCUT2D eigenvalue weighted by Gasteiger charge is -2.15. The number of rotatable bonds is 6. The molecule has 0 heterocycles. The standard InChI is InChI=1S/C17H20F2/c1-2-3-11-17(18,19)12-10-14-8-9-15-6-4-5-7-16(15)13-14/h4-9,13H,2-3,10-12H2,1H3. The van der Waals surface area contributed by atoms with Crippen LogP contribution in [0.2, 0.25) is 0 Å². The van der Waals surface area contributed by atoms with Crippen LogP contribution in [-0.4, -0.2) is 5.92 Å². The van der Waals surface area contributed by atoms with Gasteiger partial charge in [-0.15, -0.1) is 0 Å². The Morgan fingerprint density at radius 3 is 2.42 bits per heavy atom. The average molecular weight is 262 g/mol. The zero-order valence-corrected chi connectivity index (χ0v) is 11.3. The Balaban J connectivity index is 2.01. The molecular weight excluding hydrogens is 242 g/mol. The molecule has 0 aromatic heterocycles. The third kappa shape index (κ3) is 4.02. The lowest BCUT2D eigenvalue weighted by atomic mass is 10.00. The summed E-state index contributed by atoms with van der Waals surface area (Å²) in [6, 6.07) is 14.0. The number of halogens is 2. The third-order valence-electron chi connectivity index (χ3n) is 3.49. The molecule has 2 aromatic carbocycles. The second kappa shape index (κ2) is 6.14. The number of benzene rings is 2.